The highest BCUT2D eigenvalue weighted by molar-refractivity contribution is 7.92. The molecular formula is C14H10ClF4NO2S. The summed E-state index contributed by atoms with van der Waals surface area (Å²) in [6.45, 7) is 1.60. The van der Waals surface area contributed by atoms with Crippen LogP contribution in [0, 0.1) is 12.7 Å². The van der Waals surface area contributed by atoms with Crippen molar-refractivity contribution in [3.63, 3.8) is 0 Å². The summed E-state index contributed by atoms with van der Waals surface area (Å²) < 4.78 is 78.2. The highest BCUT2D eigenvalue weighted by Crippen LogP contribution is 2.34. The third kappa shape index (κ3) is 3.94. The van der Waals surface area contributed by atoms with E-state index in [1.54, 1.807) is 6.92 Å². The quantitative estimate of drug-likeness (QED) is 0.805. The average Bonchev–Trinajstić information content (AvgIpc) is 2.41. The lowest BCUT2D eigenvalue weighted by Gasteiger charge is -2.13. The maximum absolute atomic E-state index is 13.7. The van der Waals surface area contributed by atoms with Crippen LogP contribution >= 0.6 is 11.6 Å². The molecule has 2 rings (SSSR count). The molecule has 2 aromatic carbocycles. The van der Waals surface area contributed by atoms with E-state index in [2.05, 4.69) is 0 Å². The van der Waals surface area contributed by atoms with Crippen LogP contribution in [0.5, 0.6) is 0 Å². The van der Waals surface area contributed by atoms with Crippen molar-refractivity contribution in [2.45, 2.75) is 18.0 Å². The molecule has 0 fully saturated rings. The first kappa shape index (κ1) is 17.6. The van der Waals surface area contributed by atoms with Gasteiger partial charge in [-0.3, -0.25) is 4.72 Å². The van der Waals surface area contributed by atoms with Gasteiger partial charge in [0.05, 0.1) is 16.3 Å². The standard InChI is InChI=1S/C14H10ClF4NO2S/c1-8-2-5-12(11(16)6-8)20-23(21,22)13-7-9(14(17,18)19)3-4-10(13)15/h2-7,20H,1H3. The lowest BCUT2D eigenvalue weighted by atomic mass is 10.2. The van der Waals surface area contributed by atoms with Gasteiger partial charge in [-0.1, -0.05) is 17.7 Å². The van der Waals surface area contributed by atoms with E-state index >= 15 is 0 Å². The lowest BCUT2D eigenvalue weighted by molar-refractivity contribution is -0.137. The number of anilines is 1. The molecule has 0 aliphatic carbocycles. The van der Waals surface area contributed by atoms with E-state index in [1.165, 1.54) is 12.1 Å². The van der Waals surface area contributed by atoms with E-state index in [4.69, 9.17) is 11.6 Å². The zero-order chi connectivity index (χ0) is 17.4. The Morgan fingerprint density at radius 2 is 1.74 bits per heavy atom. The Labute approximate surface area is 134 Å². The van der Waals surface area contributed by atoms with Gasteiger partial charge in [0.2, 0.25) is 0 Å². The molecule has 0 amide bonds. The number of aryl methyl sites for hydroxylation is 1. The Bertz CT molecular complexity index is 850. The first-order valence-electron chi connectivity index (χ1n) is 6.16. The van der Waals surface area contributed by atoms with Crippen molar-refractivity contribution >= 4 is 27.3 Å². The monoisotopic (exact) mass is 367 g/mol. The maximum Gasteiger partial charge on any atom is 0.416 e. The number of hydrogen-bond donors (Lipinski definition) is 1. The molecule has 1 N–H and O–H groups in total. The molecule has 0 aliphatic rings. The van der Waals surface area contributed by atoms with Gasteiger partial charge in [0.1, 0.15) is 10.7 Å². The van der Waals surface area contributed by atoms with E-state index in [9.17, 15) is 26.0 Å². The number of rotatable bonds is 3. The minimum atomic E-state index is -4.73. The number of halogens is 5. The van der Waals surface area contributed by atoms with Crippen LogP contribution in [0.1, 0.15) is 11.1 Å². The normalized spacial score (nSPS) is 12.3. The van der Waals surface area contributed by atoms with E-state index in [-0.39, 0.29) is 5.69 Å². The predicted octanol–water partition coefficient (Wildman–Crippen LogP) is 4.61. The lowest BCUT2D eigenvalue weighted by Crippen LogP contribution is -2.16. The van der Waals surface area contributed by atoms with E-state index in [1.807, 2.05) is 4.72 Å². The summed E-state index contributed by atoms with van der Waals surface area (Å²) in [5, 5.41) is -0.405. The van der Waals surface area contributed by atoms with Gasteiger partial charge in [0.15, 0.2) is 0 Å². The van der Waals surface area contributed by atoms with Crippen LogP contribution in [0.3, 0.4) is 0 Å². The fourth-order valence-corrected chi connectivity index (χ4v) is 3.38. The Kier molecular flexibility index (Phi) is 4.59. The van der Waals surface area contributed by atoms with Crippen LogP contribution in [0.25, 0.3) is 0 Å². The predicted molar refractivity (Wildman–Crippen MR) is 78.4 cm³/mol. The molecule has 0 aromatic heterocycles. The largest absolute Gasteiger partial charge is 0.416 e. The molecule has 0 unspecified atom stereocenters. The van der Waals surface area contributed by atoms with Gasteiger partial charge in [-0.15, -0.1) is 0 Å². The molecule has 0 atom stereocenters. The van der Waals surface area contributed by atoms with Crippen LogP contribution < -0.4 is 4.72 Å². The molecule has 23 heavy (non-hydrogen) atoms. The topological polar surface area (TPSA) is 46.2 Å². The molecule has 0 heterocycles. The van der Waals surface area contributed by atoms with Gasteiger partial charge in [-0.25, -0.2) is 12.8 Å². The first-order valence-corrected chi connectivity index (χ1v) is 8.02. The van der Waals surface area contributed by atoms with Crippen molar-refractivity contribution in [3.05, 3.63) is 58.4 Å². The summed E-state index contributed by atoms with van der Waals surface area (Å²) in [7, 11) is -4.48. The van der Waals surface area contributed by atoms with Crippen molar-refractivity contribution in [2.24, 2.45) is 0 Å². The van der Waals surface area contributed by atoms with Gasteiger partial charge in [0.25, 0.3) is 10.0 Å². The molecule has 124 valence electrons. The van der Waals surface area contributed by atoms with E-state index in [0.717, 1.165) is 12.1 Å². The Morgan fingerprint density at radius 3 is 2.30 bits per heavy atom. The fraction of sp³-hybridized carbons (Fsp3) is 0.143. The van der Waals surface area contributed by atoms with E-state index in [0.29, 0.717) is 17.7 Å². The Hall–Kier alpha value is -1.80. The SMILES string of the molecule is Cc1ccc(NS(=O)(=O)c2cc(C(F)(F)F)ccc2Cl)c(F)c1. The molecule has 9 heteroatoms. The third-order valence-corrected chi connectivity index (χ3v) is 4.76. The van der Waals surface area contributed by atoms with Gasteiger partial charge < -0.3 is 0 Å². The van der Waals surface area contributed by atoms with Crippen molar-refractivity contribution in [1.82, 2.24) is 0 Å². The number of hydrogen-bond acceptors (Lipinski definition) is 2. The van der Waals surface area contributed by atoms with Gasteiger partial charge in [-0.2, -0.15) is 13.2 Å². The Balaban J connectivity index is 2.47. The molecule has 0 spiro atoms. The van der Waals surface area contributed by atoms with Crippen LogP contribution in [-0.2, 0) is 16.2 Å². The zero-order valence-corrected chi connectivity index (χ0v) is 13.2. The van der Waals surface area contributed by atoms with Crippen LogP contribution in [0.4, 0.5) is 23.2 Å². The summed E-state index contributed by atoms with van der Waals surface area (Å²) in [4.78, 5) is -0.783. The second kappa shape index (κ2) is 6.01. The number of sulfonamides is 1. The summed E-state index contributed by atoms with van der Waals surface area (Å²) in [6.07, 6.45) is -4.73. The number of nitrogens with one attached hydrogen (secondary N) is 1. The van der Waals surface area contributed by atoms with Crippen molar-refractivity contribution in [3.8, 4) is 0 Å². The molecule has 3 nitrogen and oxygen atoms in total. The second-order valence-corrected chi connectivity index (χ2v) is 6.79. The highest BCUT2D eigenvalue weighted by Gasteiger charge is 2.32. The molecule has 0 aliphatic heterocycles. The summed E-state index contributed by atoms with van der Waals surface area (Å²) in [5.74, 6) is -0.850. The van der Waals surface area contributed by atoms with Crippen LogP contribution in [-0.4, -0.2) is 8.42 Å². The molecule has 0 bridgehead atoms. The van der Waals surface area contributed by atoms with Crippen molar-refractivity contribution in [1.29, 1.82) is 0 Å². The minimum absolute atomic E-state index is 0.385. The van der Waals surface area contributed by atoms with Gasteiger partial charge >= 0.3 is 6.18 Å². The van der Waals surface area contributed by atoms with Gasteiger partial charge in [-0.05, 0) is 42.8 Å². The smallest absolute Gasteiger partial charge is 0.277 e. The summed E-state index contributed by atoms with van der Waals surface area (Å²) in [6, 6.07) is 5.60. The van der Waals surface area contributed by atoms with Crippen LogP contribution in [0.15, 0.2) is 41.3 Å². The summed E-state index contributed by atoms with van der Waals surface area (Å²) >= 11 is 5.68. The molecular weight excluding hydrogens is 358 g/mol. The zero-order valence-electron chi connectivity index (χ0n) is 11.6. The minimum Gasteiger partial charge on any atom is -0.277 e. The van der Waals surface area contributed by atoms with Crippen molar-refractivity contribution < 1.29 is 26.0 Å². The van der Waals surface area contributed by atoms with Crippen LogP contribution in [0.2, 0.25) is 5.02 Å². The fourth-order valence-electron chi connectivity index (χ4n) is 1.79. The van der Waals surface area contributed by atoms with Crippen molar-refractivity contribution in [2.75, 3.05) is 4.72 Å². The molecule has 0 radical (unpaired) electrons. The molecule has 0 saturated carbocycles. The second-order valence-electron chi connectivity index (χ2n) is 4.73. The molecule has 2 aromatic rings. The number of benzene rings is 2. The van der Waals surface area contributed by atoms with Gasteiger partial charge in [0, 0.05) is 0 Å². The average molecular weight is 368 g/mol. The Morgan fingerprint density at radius 1 is 1.09 bits per heavy atom. The maximum atomic E-state index is 13.7. The highest BCUT2D eigenvalue weighted by atomic mass is 35.5. The summed E-state index contributed by atoms with van der Waals surface area (Å²) in [5.41, 5.74) is -1.00. The van der Waals surface area contributed by atoms with E-state index < -0.39 is 37.5 Å². The molecule has 0 saturated heterocycles. The third-order valence-electron chi connectivity index (χ3n) is 2.92. The first-order chi connectivity index (χ1) is 10.5. The number of alkyl halides is 3.